The van der Waals surface area contributed by atoms with Crippen molar-refractivity contribution in [1.82, 2.24) is 0 Å². The molecular formula is C22H34O5. The molecule has 0 aromatic carbocycles. The largest absolute Gasteiger partial charge is 0.463 e. The second-order valence-electron chi connectivity index (χ2n) is 10.1. The third-order valence-electron chi connectivity index (χ3n) is 9.09. The van der Waals surface area contributed by atoms with Gasteiger partial charge in [-0.1, -0.05) is 6.92 Å². The predicted octanol–water partition coefficient (Wildman–Crippen LogP) is 3.28. The molecule has 0 radical (unpaired) electrons. The first-order valence-corrected chi connectivity index (χ1v) is 11.1. The van der Waals surface area contributed by atoms with Crippen molar-refractivity contribution in [1.29, 1.82) is 0 Å². The van der Waals surface area contributed by atoms with Gasteiger partial charge in [-0.2, -0.15) is 0 Å². The van der Waals surface area contributed by atoms with Gasteiger partial charge in [-0.25, -0.2) is 0 Å². The van der Waals surface area contributed by atoms with Crippen LogP contribution in [0.1, 0.15) is 65.2 Å². The average Bonchev–Trinajstić information content (AvgIpc) is 3.22. The van der Waals surface area contributed by atoms with Gasteiger partial charge in [0.1, 0.15) is 6.10 Å². The number of fused-ring (bicyclic) bond motifs is 6. The van der Waals surface area contributed by atoms with Crippen LogP contribution in [0.2, 0.25) is 0 Å². The second kappa shape index (κ2) is 6.43. The Bertz CT molecular complexity index is 600. The highest BCUT2D eigenvalue weighted by molar-refractivity contribution is 5.66. The molecule has 1 aliphatic heterocycles. The zero-order chi connectivity index (χ0) is 18.8. The lowest BCUT2D eigenvalue weighted by Crippen LogP contribution is -2.56. The van der Waals surface area contributed by atoms with Crippen molar-refractivity contribution in [2.24, 2.45) is 35.0 Å². The molecule has 8 atom stereocenters. The molecule has 1 N–H and O–H groups in total. The van der Waals surface area contributed by atoms with Crippen molar-refractivity contribution in [2.75, 3.05) is 13.2 Å². The number of aliphatic hydroxyl groups is 1. The van der Waals surface area contributed by atoms with Crippen LogP contribution in [0.5, 0.6) is 0 Å². The molecule has 5 nitrogen and oxygen atoms in total. The number of rotatable bonds is 1. The molecule has 4 saturated carbocycles. The molecule has 5 heteroatoms. The van der Waals surface area contributed by atoms with Crippen LogP contribution < -0.4 is 0 Å². The second-order valence-corrected chi connectivity index (χ2v) is 10.1. The number of carbonyl (C=O) groups excluding carboxylic acids is 1. The van der Waals surface area contributed by atoms with Crippen LogP contribution in [0, 0.1) is 35.0 Å². The highest BCUT2D eigenvalue weighted by Crippen LogP contribution is 2.67. The first kappa shape index (κ1) is 18.4. The summed E-state index contributed by atoms with van der Waals surface area (Å²) in [4.78, 5) is 11.4. The lowest BCUT2D eigenvalue weighted by atomic mass is 9.49. The van der Waals surface area contributed by atoms with Crippen molar-refractivity contribution in [3.63, 3.8) is 0 Å². The smallest absolute Gasteiger partial charge is 0.302 e. The number of esters is 1. The van der Waals surface area contributed by atoms with E-state index in [0.29, 0.717) is 29.6 Å². The van der Waals surface area contributed by atoms with Crippen LogP contribution in [0.15, 0.2) is 0 Å². The summed E-state index contributed by atoms with van der Waals surface area (Å²) in [5.74, 6) is 2.19. The maximum atomic E-state index is 11.4. The fourth-order valence-corrected chi connectivity index (χ4v) is 8.03. The molecule has 1 spiro atoms. The SMILES string of the molecule is CC(=O)O[C@H]1CC[C@@H]2[C@H]3CC[C@@]4(C)[C@@H](CCC45OCCO5)[C@@H]3C[C@H](O)[C@H]2C1. The zero-order valence-corrected chi connectivity index (χ0v) is 16.7. The minimum Gasteiger partial charge on any atom is -0.463 e. The molecule has 0 aromatic rings. The lowest BCUT2D eigenvalue weighted by molar-refractivity contribution is -0.246. The molecule has 0 unspecified atom stereocenters. The maximum absolute atomic E-state index is 11.4. The standard InChI is InChI=1S/C22H34O5/c1-13(23)27-14-3-4-15-16-5-7-21(2)19(6-8-22(21)25-9-10-26-22)17(16)12-20(24)18(15)11-14/h14-20,24H,3-12H2,1-2H3/t14-,15+,16+,17+,18-,19-,20-,21-/m0/s1. The fourth-order valence-electron chi connectivity index (χ4n) is 8.03. The first-order valence-electron chi connectivity index (χ1n) is 11.1. The van der Waals surface area contributed by atoms with Gasteiger partial charge in [0.2, 0.25) is 0 Å². The molecule has 4 aliphatic carbocycles. The van der Waals surface area contributed by atoms with Crippen LogP contribution in [-0.2, 0) is 19.0 Å². The molecule has 27 heavy (non-hydrogen) atoms. The quantitative estimate of drug-likeness (QED) is 0.710. The molecule has 5 aliphatic rings. The molecule has 0 bridgehead atoms. The van der Waals surface area contributed by atoms with Crippen molar-refractivity contribution in [3.8, 4) is 0 Å². The summed E-state index contributed by atoms with van der Waals surface area (Å²) in [6, 6.07) is 0. The summed E-state index contributed by atoms with van der Waals surface area (Å²) in [7, 11) is 0. The average molecular weight is 379 g/mol. The van der Waals surface area contributed by atoms with Crippen molar-refractivity contribution >= 4 is 5.97 Å². The van der Waals surface area contributed by atoms with Crippen molar-refractivity contribution in [2.45, 2.75) is 83.2 Å². The Morgan fingerprint density at radius 3 is 2.44 bits per heavy atom. The van der Waals surface area contributed by atoms with Crippen LogP contribution >= 0.6 is 0 Å². The van der Waals surface area contributed by atoms with Gasteiger partial charge in [0.25, 0.3) is 0 Å². The number of carbonyl (C=O) groups is 1. The van der Waals surface area contributed by atoms with Gasteiger partial charge in [0.05, 0.1) is 19.3 Å². The van der Waals surface area contributed by atoms with E-state index in [9.17, 15) is 9.90 Å². The van der Waals surface area contributed by atoms with E-state index in [2.05, 4.69) is 6.92 Å². The molecule has 5 fully saturated rings. The highest BCUT2D eigenvalue weighted by atomic mass is 16.7. The van der Waals surface area contributed by atoms with Crippen molar-refractivity contribution < 1.29 is 24.1 Å². The minimum absolute atomic E-state index is 0.00107. The van der Waals surface area contributed by atoms with E-state index in [1.165, 1.54) is 19.8 Å². The molecule has 5 rings (SSSR count). The summed E-state index contributed by atoms with van der Waals surface area (Å²) >= 11 is 0. The van der Waals surface area contributed by atoms with Gasteiger partial charge in [0.15, 0.2) is 5.79 Å². The van der Waals surface area contributed by atoms with E-state index < -0.39 is 0 Å². The highest BCUT2D eigenvalue weighted by Gasteiger charge is 2.66. The summed E-state index contributed by atoms with van der Waals surface area (Å²) in [6.45, 7) is 5.33. The Labute approximate surface area is 162 Å². The molecular weight excluding hydrogens is 344 g/mol. The lowest BCUT2D eigenvalue weighted by Gasteiger charge is -2.58. The van der Waals surface area contributed by atoms with E-state index in [1.807, 2.05) is 0 Å². The van der Waals surface area contributed by atoms with Crippen LogP contribution in [0.4, 0.5) is 0 Å². The molecule has 0 amide bonds. The van der Waals surface area contributed by atoms with Gasteiger partial charge in [-0.05, 0) is 74.5 Å². The Morgan fingerprint density at radius 2 is 1.70 bits per heavy atom. The summed E-state index contributed by atoms with van der Waals surface area (Å²) in [5, 5.41) is 11.1. The summed E-state index contributed by atoms with van der Waals surface area (Å²) < 4.78 is 17.9. The Kier molecular flexibility index (Phi) is 4.38. The third-order valence-corrected chi connectivity index (χ3v) is 9.09. The zero-order valence-electron chi connectivity index (χ0n) is 16.7. The van der Waals surface area contributed by atoms with Crippen LogP contribution in [-0.4, -0.2) is 42.3 Å². The Balaban J connectivity index is 1.36. The van der Waals surface area contributed by atoms with Gasteiger partial charge in [0, 0.05) is 18.8 Å². The van der Waals surface area contributed by atoms with Crippen molar-refractivity contribution in [3.05, 3.63) is 0 Å². The topological polar surface area (TPSA) is 65.0 Å². The van der Waals surface area contributed by atoms with E-state index in [-0.39, 0.29) is 29.4 Å². The van der Waals surface area contributed by atoms with Crippen LogP contribution in [0.3, 0.4) is 0 Å². The van der Waals surface area contributed by atoms with Crippen LogP contribution in [0.25, 0.3) is 0 Å². The molecule has 1 saturated heterocycles. The molecule has 152 valence electrons. The Morgan fingerprint density at radius 1 is 0.963 bits per heavy atom. The monoisotopic (exact) mass is 378 g/mol. The van der Waals surface area contributed by atoms with E-state index in [0.717, 1.165) is 51.7 Å². The van der Waals surface area contributed by atoms with Gasteiger partial charge in [-0.3, -0.25) is 4.79 Å². The minimum atomic E-state index is -0.364. The first-order chi connectivity index (χ1) is 12.9. The van der Waals surface area contributed by atoms with Gasteiger partial charge >= 0.3 is 5.97 Å². The van der Waals surface area contributed by atoms with E-state index >= 15 is 0 Å². The van der Waals surface area contributed by atoms with E-state index in [4.69, 9.17) is 14.2 Å². The molecule has 0 aromatic heterocycles. The number of ether oxygens (including phenoxy) is 3. The summed E-state index contributed by atoms with van der Waals surface area (Å²) in [6.07, 6.45) is 8.08. The van der Waals surface area contributed by atoms with Gasteiger partial charge in [-0.15, -0.1) is 0 Å². The fraction of sp³-hybridized carbons (Fsp3) is 0.955. The normalized spacial score (nSPS) is 50.7. The maximum Gasteiger partial charge on any atom is 0.302 e. The summed E-state index contributed by atoms with van der Waals surface area (Å²) in [5.41, 5.74) is 0.0895. The third kappa shape index (κ3) is 2.64. The number of aliphatic hydroxyl groups excluding tert-OH is 1. The molecule has 1 heterocycles. The van der Waals surface area contributed by atoms with Gasteiger partial charge < -0.3 is 19.3 Å². The number of hydrogen-bond donors (Lipinski definition) is 1. The predicted molar refractivity (Wildman–Crippen MR) is 98.7 cm³/mol. The Hall–Kier alpha value is -0.650. The number of hydrogen-bond acceptors (Lipinski definition) is 5. The van der Waals surface area contributed by atoms with E-state index in [1.54, 1.807) is 0 Å².